The number of nitrogens with one attached hydrogen (secondary N) is 1. The summed E-state index contributed by atoms with van der Waals surface area (Å²) in [5.41, 5.74) is 5.03. The SMILES string of the molecule is COC(=O)CN(C)C(=O)CNC(=O)CN. The molecule has 3 N–H and O–H groups in total. The highest BCUT2D eigenvalue weighted by Gasteiger charge is 2.13. The Balaban J connectivity index is 3.89. The van der Waals surface area contributed by atoms with Gasteiger partial charge < -0.3 is 20.7 Å². The highest BCUT2D eigenvalue weighted by atomic mass is 16.5. The number of methoxy groups -OCH3 is 1. The van der Waals surface area contributed by atoms with Gasteiger partial charge in [-0.2, -0.15) is 0 Å². The molecule has 0 radical (unpaired) electrons. The summed E-state index contributed by atoms with van der Waals surface area (Å²) < 4.78 is 4.38. The molecule has 7 nitrogen and oxygen atoms in total. The maximum Gasteiger partial charge on any atom is 0.325 e. The van der Waals surface area contributed by atoms with E-state index < -0.39 is 11.9 Å². The number of rotatable bonds is 5. The first-order valence-electron chi connectivity index (χ1n) is 4.28. The van der Waals surface area contributed by atoms with Gasteiger partial charge in [0.05, 0.1) is 20.2 Å². The van der Waals surface area contributed by atoms with Crippen molar-refractivity contribution in [2.75, 3.05) is 33.8 Å². The van der Waals surface area contributed by atoms with Crippen LogP contribution in [0.4, 0.5) is 0 Å². The number of amides is 2. The average molecular weight is 217 g/mol. The highest BCUT2D eigenvalue weighted by Crippen LogP contribution is 1.85. The van der Waals surface area contributed by atoms with Crippen LogP contribution in [0.25, 0.3) is 0 Å². The van der Waals surface area contributed by atoms with Crippen LogP contribution in [0.5, 0.6) is 0 Å². The number of hydrogen-bond acceptors (Lipinski definition) is 5. The lowest BCUT2D eigenvalue weighted by molar-refractivity contribution is -0.145. The Labute approximate surface area is 87.5 Å². The zero-order valence-electron chi connectivity index (χ0n) is 8.78. The minimum Gasteiger partial charge on any atom is -0.468 e. The second kappa shape index (κ2) is 6.77. The lowest BCUT2D eigenvalue weighted by Crippen LogP contribution is -2.42. The summed E-state index contributed by atoms with van der Waals surface area (Å²) in [5.74, 6) is -1.33. The monoisotopic (exact) mass is 217 g/mol. The lowest BCUT2D eigenvalue weighted by Gasteiger charge is -2.15. The fourth-order valence-electron chi connectivity index (χ4n) is 0.728. The van der Waals surface area contributed by atoms with Crippen molar-refractivity contribution in [1.29, 1.82) is 0 Å². The number of esters is 1. The molecule has 0 saturated carbocycles. The molecule has 0 heterocycles. The Morgan fingerprint density at radius 2 is 2.00 bits per heavy atom. The lowest BCUT2D eigenvalue weighted by atomic mass is 10.4. The molecule has 0 saturated heterocycles. The van der Waals surface area contributed by atoms with Crippen LogP contribution in [0.3, 0.4) is 0 Å². The number of carbonyl (C=O) groups is 3. The molecule has 0 unspecified atom stereocenters. The van der Waals surface area contributed by atoms with Crippen molar-refractivity contribution in [2.45, 2.75) is 0 Å². The highest BCUT2D eigenvalue weighted by molar-refractivity contribution is 5.87. The van der Waals surface area contributed by atoms with E-state index in [1.165, 1.54) is 14.2 Å². The minimum atomic E-state index is -0.518. The van der Waals surface area contributed by atoms with Crippen LogP contribution in [-0.4, -0.2) is 56.5 Å². The Morgan fingerprint density at radius 3 is 2.47 bits per heavy atom. The maximum absolute atomic E-state index is 11.3. The molecule has 0 aliphatic heterocycles. The smallest absolute Gasteiger partial charge is 0.325 e. The molecule has 0 aliphatic rings. The number of likely N-dealkylation sites (N-methyl/N-ethyl adjacent to an activating group) is 1. The number of nitrogens with zero attached hydrogens (tertiary/aromatic N) is 1. The quantitative estimate of drug-likeness (QED) is 0.504. The zero-order valence-corrected chi connectivity index (χ0v) is 8.78. The van der Waals surface area contributed by atoms with Crippen LogP contribution in [0.1, 0.15) is 0 Å². The summed E-state index contributed by atoms with van der Waals surface area (Å²) in [4.78, 5) is 33.9. The molecule has 0 bridgehead atoms. The molecular weight excluding hydrogens is 202 g/mol. The van der Waals surface area contributed by atoms with Crippen LogP contribution in [0, 0.1) is 0 Å². The van der Waals surface area contributed by atoms with Crippen LogP contribution >= 0.6 is 0 Å². The summed E-state index contributed by atoms with van der Waals surface area (Å²) in [6.07, 6.45) is 0. The second-order valence-corrected chi connectivity index (χ2v) is 2.81. The van der Waals surface area contributed by atoms with E-state index in [-0.39, 0.29) is 25.5 Å². The van der Waals surface area contributed by atoms with Gasteiger partial charge >= 0.3 is 5.97 Å². The van der Waals surface area contributed by atoms with Crippen molar-refractivity contribution in [3.05, 3.63) is 0 Å². The summed E-state index contributed by atoms with van der Waals surface area (Å²) in [7, 11) is 2.67. The number of carbonyl (C=O) groups excluding carboxylic acids is 3. The molecule has 86 valence electrons. The Hall–Kier alpha value is -1.63. The predicted molar refractivity (Wildman–Crippen MR) is 51.7 cm³/mol. The van der Waals surface area contributed by atoms with E-state index in [4.69, 9.17) is 5.73 Å². The van der Waals surface area contributed by atoms with E-state index in [9.17, 15) is 14.4 Å². The van der Waals surface area contributed by atoms with Gasteiger partial charge in [0.25, 0.3) is 0 Å². The van der Waals surface area contributed by atoms with Gasteiger partial charge in [0.2, 0.25) is 11.8 Å². The molecule has 7 heteroatoms. The third kappa shape index (κ3) is 5.63. The van der Waals surface area contributed by atoms with Crippen molar-refractivity contribution < 1.29 is 19.1 Å². The molecule has 0 fully saturated rings. The fraction of sp³-hybridized carbons (Fsp3) is 0.625. The van der Waals surface area contributed by atoms with Crippen molar-refractivity contribution in [3.8, 4) is 0 Å². The molecular formula is C8H15N3O4. The summed E-state index contributed by atoms with van der Waals surface area (Å²) in [6, 6.07) is 0. The van der Waals surface area contributed by atoms with Gasteiger partial charge in [-0.15, -0.1) is 0 Å². The Bertz CT molecular complexity index is 254. The zero-order chi connectivity index (χ0) is 11.8. The standard InChI is InChI=1S/C8H15N3O4/c1-11(5-8(14)15-2)7(13)4-10-6(12)3-9/h3-5,9H2,1-2H3,(H,10,12). The van der Waals surface area contributed by atoms with Crippen LogP contribution in [-0.2, 0) is 19.1 Å². The van der Waals surface area contributed by atoms with E-state index in [1.807, 2.05) is 0 Å². The molecule has 0 atom stereocenters. The van der Waals surface area contributed by atoms with Crippen molar-refractivity contribution >= 4 is 17.8 Å². The second-order valence-electron chi connectivity index (χ2n) is 2.81. The predicted octanol–water partition coefficient (Wildman–Crippen LogP) is -2.31. The third-order valence-corrected chi connectivity index (χ3v) is 1.64. The van der Waals surface area contributed by atoms with Crippen molar-refractivity contribution in [1.82, 2.24) is 10.2 Å². The molecule has 0 aromatic carbocycles. The minimum absolute atomic E-state index is 0.145. The van der Waals surface area contributed by atoms with Crippen LogP contribution in [0.2, 0.25) is 0 Å². The topological polar surface area (TPSA) is 102 Å². The molecule has 0 spiro atoms. The number of ether oxygens (including phenoxy) is 1. The van der Waals surface area contributed by atoms with Gasteiger partial charge in [-0.1, -0.05) is 0 Å². The van der Waals surface area contributed by atoms with Crippen LogP contribution < -0.4 is 11.1 Å². The first kappa shape index (κ1) is 13.4. The van der Waals surface area contributed by atoms with E-state index in [1.54, 1.807) is 0 Å². The Morgan fingerprint density at radius 1 is 1.40 bits per heavy atom. The Kier molecular flexibility index (Phi) is 6.03. The summed E-state index contributed by atoms with van der Waals surface area (Å²) in [6.45, 7) is -0.495. The molecule has 0 rings (SSSR count). The van der Waals surface area contributed by atoms with E-state index in [2.05, 4.69) is 10.1 Å². The molecule has 2 amide bonds. The molecule has 0 aliphatic carbocycles. The first-order valence-corrected chi connectivity index (χ1v) is 4.28. The molecule has 0 aromatic rings. The van der Waals surface area contributed by atoms with Gasteiger partial charge in [0.15, 0.2) is 0 Å². The fourth-order valence-corrected chi connectivity index (χ4v) is 0.728. The van der Waals surface area contributed by atoms with E-state index in [0.29, 0.717) is 0 Å². The van der Waals surface area contributed by atoms with Gasteiger partial charge in [0.1, 0.15) is 6.54 Å². The van der Waals surface area contributed by atoms with E-state index >= 15 is 0 Å². The van der Waals surface area contributed by atoms with Crippen LogP contribution in [0.15, 0.2) is 0 Å². The normalized spacial score (nSPS) is 9.27. The van der Waals surface area contributed by atoms with E-state index in [0.717, 1.165) is 4.90 Å². The molecule has 0 aromatic heterocycles. The molecule has 15 heavy (non-hydrogen) atoms. The van der Waals surface area contributed by atoms with Gasteiger partial charge in [-0.3, -0.25) is 14.4 Å². The van der Waals surface area contributed by atoms with Gasteiger partial charge in [0, 0.05) is 7.05 Å². The van der Waals surface area contributed by atoms with Gasteiger partial charge in [-0.25, -0.2) is 0 Å². The van der Waals surface area contributed by atoms with Gasteiger partial charge in [-0.05, 0) is 0 Å². The third-order valence-electron chi connectivity index (χ3n) is 1.64. The number of nitrogens with two attached hydrogens (primary N) is 1. The largest absolute Gasteiger partial charge is 0.468 e. The average Bonchev–Trinajstić information content (AvgIpc) is 2.24. The maximum atomic E-state index is 11.3. The first-order chi connectivity index (χ1) is 7.01. The number of hydrogen-bond donors (Lipinski definition) is 2. The summed E-state index contributed by atoms with van der Waals surface area (Å²) >= 11 is 0. The summed E-state index contributed by atoms with van der Waals surface area (Å²) in [5, 5.41) is 2.30. The van der Waals surface area contributed by atoms with Crippen molar-refractivity contribution in [2.24, 2.45) is 5.73 Å². The van der Waals surface area contributed by atoms with Crippen molar-refractivity contribution in [3.63, 3.8) is 0 Å².